The molecule has 1 aliphatic heterocycles. The first-order valence-corrected chi connectivity index (χ1v) is 9.14. The second kappa shape index (κ2) is 6.36. The van der Waals surface area contributed by atoms with Crippen molar-refractivity contribution in [3.05, 3.63) is 29.3 Å². The number of rotatable bonds is 3. The summed E-state index contributed by atoms with van der Waals surface area (Å²) in [5.74, 6) is -0.798. The SMILES string of the molecule is CC1CCCC(C)N1C(=O)CS(=O)(=O)c1ccc(Cl)cc1. The maximum absolute atomic E-state index is 12.4. The maximum Gasteiger partial charge on any atom is 0.238 e. The summed E-state index contributed by atoms with van der Waals surface area (Å²) in [6, 6.07) is 6.11. The van der Waals surface area contributed by atoms with Gasteiger partial charge in [0.05, 0.1) is 4.90 Å². The third kappa shape index (κ3) is 3.77. The summed E-state index contributed by atoms with van der Waals surface area (Å²) in [6.45, 7) is 3.95. The minimum atomic E-state index is -3.62. The van der Waals surface area contributed by atoms with Crippen LogP contribution < -0.4 is 0 Å². The van der Waals surface area contributed by atoms with Gasteiger partial charge < -0.3 is 4.90 Å². The summed E-state index contributed by atoms with van der Waals surface area (Å²) >= 11 is 5.76. The van der Waals surface area contributed by atoms with Crippen molar-refractivity contribution in [3.63, 3.8) is 0 Å². The standard InChI is InChI=1S/C15H20ClNO3S/c1-11-4-3-5-12(2)17(11)15(18)10-21(19,20)14-8-6-13(16)7-9-14/h6-9,11-12H,3-5,10H2,1-2H3. The highest BCUT2D eigenvalue weighted by molar-refractivity contribution is 7.92. The summed E-state index contributed by atoms with van der Waals surface area (Å²) < 4.78 is 24.6. The van der Waals surface area contributed by atoms with E-state index in [4.69, 9.17) is 11.6 Å². The molecule has 2 rings (SSSR count). The molecule has 0 N–H and O–H groups in total. The Morgan fingerprint density at radius 3 is 2.24 bits per heavy atom. The second-order valence-electron chi connectivity index (χ2n) is 5.64. The molecule has 1 saturated heterocycles. The van der Waals surface area contributed by atoms with Crippen LogP contribution in [0.15, 0.2) is 29.2 Å². The number of carbonyl (C=O) groups excluding carboxylic acids is 1. The van der Waals surface area contributed by atoms with Crippen molar-refractivity contribution in [2.75, 3.05) is 5.75 Å². The van der Waals surface area contributed by atoms with Crippen LogP contribution in [0.1, 0.15) is 33.1 Å². The number of likely N-dealkylation sites (tertiary alicyclic amines) is 1. The zero-order valence-corrected chi connectivity index (χ0v) is 13.8. The van der Waals surface area contributed by atoms with Crippen LogP contribution in [0.25, 0.3) is 0 Å². The summed E-state index contributed by atoms with van der Waals surface area (Å²) in [6.07, 6.45) is 2.93. The van der Waals surface area contributed by atoms with E-state index in [9.17, 15) is 13.2 Å². The monoisotopic (exact) mass is 329 g/mol. The molecule has 2 unspecified atom stereocenters. The van der Waals surface area contributed by atoms with E-state index in [1.807, 2.05) is 13.8 Å². The molecule has 1 amide bonds. The Bertz CT molecular complexity index is 602. The van der Waals surface area contributed by atoms with Crippen LogP contribution in [0.2, 0.25) is 5.02 Å². The highest BCUT2D eigenvalue weighted by atomic mass is 35.5. The fourth-order valence-electron chi connectivity index (χ4n) is 2.88. The Morgan fingerprint density at radius 1 is 1.19 bits per heavy atom. The molecule has 1 heterocycles. The Labute approximate surface area is 131 Å². The maximum atomic E-state index is 12.4. The molecular formula is C15H20ClNO3S. The minimum absolute atomic E-state index is 0.0988. The fourth-order valence-corrected chi connectivity index (χ4v) is 4.19. The fraction of sp³-hybridized carbons (Fsp3) is 0.533. The average Bonchev–Trinajstić information content (AvgIpc) is 2.38. The van der Waals surface area contributed by atoms with Crippen LogP contribution in [-0.4, -0.2) is 37.1 Å². The molecule has 0 spiro atoms. The van der Waals surface area contributed by atoms with Gasteiger partial charge in [0, 0.05) is 17.1 Å². The van der Waals surface area contributed by atoms with Crippen molar-refractivity contribution < 1.29 is 13.2 Å². The number of sulfone groups is 1. The number of hydrogen-bond acceptors (Lipinski definition) is 3. The summed E-state index contributed by atoms with van der Waals surface area (Å²) in [5, 5.41) is 0.471. The first-order chi connectivity index (χ1) is 9.81. The molecule has 6 heteroatoms. The van der Waals surface area contributed by atoms with E-state index in [2.05, 4.69) is 0 Å². The van der Waals surface area contributed by atoms with Crippen molar-refractivity contribution in [1.82, 2.24) is 4.90 Å². The molecule has 1 aromatic carbocycles. The number of halogens is 1. The first-order valence-electron chi connectivity index (χ1n) is 7.11. The topological polar surface area (TPSA) is 54.5 Å². The predicted octanol–water partition coefficient (Wildman–Crippen LogP) is 2.90. The van der Waals surface area contributed by atoms with Gasteiger partial charge in [-0.1, -0.05) is 11.6 Å². The van der Waals surface area contributed by atoms with E-state index in [0.29, 0.717) is 5.02 Å². The number of piperidine rings is 1. The van der Waals surface area contributed by atoms with Gasteiger partial charge in [-0.25, -0.2) is 8.42 Å². The smallest absolute Gasteiger partial charge is 0.238 e. The Morgan fingerprint density at radius 2 is 1.71 bits per heavy atom. The van der Waals surface area contributed by atoms with Gasteiger partial charge in [-0.05, 0) is 57.4 Å². The van der Waals surface area contributed by atoms with Crippen molar-refractivity contribution in [3.8, 4) is 0 Å². The van der Waals surface area contributed by atoms with Crippen molar-refractivity contribution >= 4 is 27.3 Å². The van der Waals surface area contributed by atoms with E-state index in [-0.39, 0.29) is 22.9 Å². The highest BCUT2D eigenvalue weighted by Gasteiger charge is 2.31. The second-order valence-corrected chi connectivity index (χ2v) is 8.07. The van der Waals surface area contributed by atoms with E-state index in [1.54, 1.807) is 4.90 Å². The normalized spacial score (nSPS) is 23.1. The van der Waals surface area contributed by atoms with Crippen LogP contribution in [0.3, 0.4) is 0 Å². The van der Waals surface area contributed by atoms with Gasteiger partial charge in [-0.2, -0.15) is 0 Å². The lowest BCUT2D eigenvalue weighted by Gasteiger charge is -2.39. The van der Waals surface area contributed by atoms with Crippen LogP contribution in [0.5, 0.6) is 0 Å². The largest absolute Gasteiger partial charge is 0.336 e. The van der Waals surface area contributed by atoms with Crippen molar-refractivity contribution in [1.29, 1.82) is 0 Å². The zero-order chi connectivity index (χ0) is 15.6. The number of hydrogen-bond donors (Lipinski definition) is 0. The van der Waals surface area contributed by atoms with E-state index in [1.165, 1.54) is 24.3 Å². The Balaban J connectivity index is 2.16. The zero-order valence-electron chi connectivity index (χ0n) is 12.3. The Kier molecular flexibility index (Phi) is 4.94. The first kappa shape index (κ1) is 16.3. The van der Waals surface area contributed by atoms with Crippen LogP contribution >= 0.6 is 11.6 Å². The number of carbonyl (C=O) groups is 1. The van der Waals surface area contributed by atoms with E-state index >= 15 is 0 Å². The summed E-state index contributed by atoms with van der Waals surface area (Å²) in [4.78, 5) is 14.3. The lowest BCUT2D eigenvalue weighted by atomic mass is 9.98. The van der Waals surface area contributed by atoms with Crippen LogP contribution in [0.4, 0.5) is 0 Å². The molecule has 1 aromatic rings. The summed E-state index contributed by atoms with van der Waals surface area (Å²) in [5.41, 5.74) is 0. The lowest BCUT2D eigenvalue weighted by molar-refractivity contribution is -0.134. The Hall–Kier alpha value is -1.07. The quantitative estimate of drug-likeness (QED) is 0.856. The molecule has 21 heavy (non-hydrogen) atoms. The molecule has 2 atom stereocenters. The number of amides is 1. The number of nitrogens with zero attached hydrogens (tertiary/aromatic N) is 1. The lowest BCUT2D eigenvalue weighted by Crippen LogP contribution is -2.49. The predicted molar refractivity (Wildman–Crippen MR) is 83.1 cm³/mol. The van der Waals surface area contributed by atoms with Gasteiger partial charge in [0.25, 0.3) is 0 Å². The van der Waals surface area contributed by atoms with Gasteiger partial charge in [-0.15, -0.1) is 0 Å². The van der Waals surface area contributed by atoms with E-state index < -0.39 is 15.6 Å². The molecule has 4 nitrogen and oxygen atoms in total. The van der Waals surface area contributed by atoms with Gasteiger partial charge in [0.2, 0.25) is 5.91 Å². The third-order valence-corrected chi connectivity index (χ3v) is 5.84. The van der Waals surface area contributed by atoms with Crippen molar-refractivity contribution in [2.24, 2.45) is 0 Å². The third-order valence-electron chi connectivity index (χ3n) is 3.97. The van der Waals surface area contributed by atoms with Gasteiger partial charge >= 0.3 is 0 Å². The molecule has 1 fully saturated rings. The number of benzene rings is 1. The van der Waals surface area contributed by atoms with Gasteiger partial charge in [0.1, 0.15) is 5.75 Å². The van der Waals surface area contributed by atoms with Gasteiger partial charge in [-0.3, -0.25) is 4.79 Å². The van der Waals surface area contributed by atoms with E-state index in [0.717, 1.165) is 19.3 Å². The molecule has 0 aromatic heterocycles. The molecule has 116 valence electrons. The molecule has 1 aliphatic rings. The highest BCUT2D eigenvalue weighted by Crippen LogP contribution is 2.24. The minimum Gasteiger partial charge on any atom is -0.336 e. The molecule has 0 radical (unpaired) electrons. The summed E-state index contributed by atoms with van der Waals surface area (Å²) in [7, 11) is -3.62. The molecular weight excluding hydrogens is 310 g/mol. The van der Waals surface area contributed by atoms with Crippen LogP contribution in [0, 0.1) is 0 Å². The van der Waals surface area contributed by atoms with Crippen LogP contribution in [-0.2, 0) is 14.6 Å². The van der Waals surface area contributed by atoms with Gasteiger partial charge in [0.15, 0.2) is 9.84 Å². The molecule has 0 aliphatic carbocycles. The van der Waals surface area contributed by atoms with Crippen molar-refractivity contribution in [2.45, 2.75) is 50.1 Å². The molecule has 0 saturated carbocycles. The molecule has 0 bridgehead atoms. The average molecular weight is 330 g/mol.